The molecule has 0 radical (unpaired) electrons. The third-order valence-electron chi connectivity index (χ3n) is 1.53. The topological polar surface area (TPSA) is 90.1 Å². The average molecular weight is 231 g/mol. The summed E-state index contributed by atoms with van der Waals surface area (Å²) in [6, 6.07) is 0.793. The van der Waals surface area contributed by atoms with Gasteiger partial charge < -0.3 is 10.5 Å². The van der Waals surface area contributed by atoms with E-state index in [0.717, 1.165) is 0 Å². The third-order valence-corrected chi connectivity index (χ3v) is 1.72. The van der Waals surface area contributed by atoms with Crippen molar-refractivity contribution in [1.82, 2.24) is 9.97 Å². The van der Waals surface area contributed by atoms with Crippen LogP contribution in [0.5, 0.6) is 5.88 Å². The minimum Gasteiger partial charge on any atom is -0.481 e. The van der Waals surface area contributed by atoms with Crippen molar-refractivity contribution in [3.05, 3.63) is 11.2 Å². The van der Waals surface area contributed by atoms with Gasteiger partial charge >= 0.3 is 0 Å². The fourth-order valence-electron chi connectivity index (χ4n) is 0.781. The van der Waals surface area contributed by atoms with E-state index in [4.69, 9.17) is 22.1 Å². The maximum Gasteiger partial charge on any atom is 0.243 e. The summed E-state index contributed by atoms with van der Waals surface area (Å²) in [6.07, 6.45) is 0. The Morgan fingerprint density at radius 3 is 2.87 bits per heavy atom. The average Bonchev–Trinajstić information content (AvgIpc) is 2.16. The lowest BCUT2D eigenvalue weighted by Gasteiger charge is -2.07. The van der Waals surface area contributed by atoms with Gasteiger partial charge in [0.25, 0.3) is 0 Å². The highest BCUT2D eigenvalue weighted by Gasteiger charge is 2.10. The molecule has 0 aromatic carbocycles. The predicted octanol–water partition coefficient (Wildman–Crippen LogP) is 0.424. The molecular weight excluding hydrogens is 220 g/mol. The van der Waals surface area contributed by atoms with Crippen molar-refractivity contribution in [2.24, 2.45) is 5.73 Å². The Morgan fingerprint density at radius 1 is 1.67 bits per heavy atom. The first kappa shape index (κ1) is 11.7. The van der Waals surface area contributed by atoms with Crippen molar-refractivity contribution in [3.63, 3.8) is 0 Å². The van der Waals surface area contributed by atoms with Crippen LogP contribution in [0.4, 0.5) is 5.95 Å². The zero-order valence-corrected chi connectivity index (χ0v) is 9.08. The van der Waals surface area contributed by atoms with Gasteiger partial charge in [-0.3, -0.25) is 10.1 Å². The molecule has 0 aliphatic heterocycles. The number of nitrogens with one attached hydrogen (secondary N) is 1. The number of methoxy groups -OCH3 is 1. The smallest absolute Gasteiger partial charge is 0.243 e. The molecule has 1 atom stereocenters. The van der Waals surface area contributed by atoms with Crippen molar-refractivity contribution >= 4 is 23.5 Å². The molecule has 3 N–H and O–H groups in total. The SMILES string of the molecule is COc1cc(Cl)nc(NC(=O)[C@@H](C)N)n1. The highest BCUT2D eigenvalue weighted by Crippen LogP contribution is 2.15. The Balaban J connectivity index is 2.85. The molecule has 0 spiro atoms. The van der Waals surface area contributed by atoms with E-state index < -0.39 is 6.04 Å². The fourth-order valence-corrected chi connectivity index (χ4v) is 0.955. The molecule has 0 saturated carbocycles. The van der Waals surface area contributed by atoms with Crippen LogP contribution in [-0.2, 0) is 4.79 Å². The molecule has 0 aliphatic rings. The third kappa shape index (κ3) is 3.34. The summed E-state index contributed by atoms with van der Waals surface area (Å²) < 4.78 is 4.86. The number of nitrogens with zero attached hydrogens (tertiary/aromatic N) is 2. The monoisotopic (exact) mass is 230 g/mol. The molecule has 0 bridgehead atoms. The van der Waals surface area contributed by atoms with Gasteiger partial charge in [-0.25, -0.2) is 4.98 Å². The Morgan fingerprint density at radius 2 is 2.33 bits per heavy atom. The van der Waals surface area contributed by atoms with E-state index in [0.29, 0.717) is 0 Å². The second kappa shape index (κ2) is 4.90. The molecule has 15 heavy (non-hydrogen) atoms. The minimum atomic E-state index is -0.640. The molecule has 6 nitrogen and oxygen atoms in total. The maximum absolute atomic E-state index is 11.2. The molecule has 0 saturated heterocycles. The number of anilines is 1. The number of halogens is 1. The normalized spacial score (nSPS) is 12.0. The fraction of sp³-hybridized carbons (Fsp3) is 0.375. The molecule has 0 fully saturated rings. The van der Waals surface area contributed by atoms with Gasteiger partial charge in [0, 0.05) is 6.07 Å². The van der Waals surface area contributed by atoms with Crippen LogP contribution in [0.15, 0.2) is 6.07 Å². The predicted molar refractivity (Wildman–Crippen MR) is 55.9 cm³/mol. The van der Waals surface area contributed by atoms with Gasteiger partial charge in [-0.2, -0.15) is 4.98 Å². The highest BCUT2D eigenvalue weighted by atomic mass is 35.5. The molecule has 0 aliphatic carbocycles. The molecule has 1 rings (SSSR count). The Labute approximate surface area is 91.8 Å². The van der Waals surface area contributed by atoms with Crippen LogP contribution in [0.3, 0.4) is 0 Å². The first-order valence-corrected chi connectivity index (χ1v) is 4.55. The molecule has 7 heteroatoms. The number of hydrogen-bond acceptors (Lipinski definition) is 5. The number of carbonyl (C=O) groups excluding carboxylic acids is 1. The number of ether oxygens (including phenoxy) is 1. The van der Waals surface area contributed by atoms with Crippen LogP contribution >= 0.6 is 11.6 Å². The van der Waals surface area contributed by atoms with Crippen LogP contribution in [0, 0.1) is 0 Å². The number of nitrogens with two attached hydrogens (primary N) is 1. The zero-order valence-electron chi connectivity index (χ0n) is 8.32. The number of hydrogen-bond donors (Lipinski definition) is 2. The summed E-state index contributed by atoms with van der Waals surface area (Å²) in [4.78, 5) is 18.9. The van der Waals surface area contributed by atoms with Gasteiger partial charge in [-0.15, -0.1) is 0 Å². The summed E-state index contributed by atoms with van der Waals surface area (Å²) in [5, 5.41) is 2.59. The Bertz CT molecular complexity index is 370. The standard InChI is InChI=1S/C8H11ClN4O2/c1-4(10)7(14)13-8-11-5(9)3-6(12-8)15-2/h3-4H,10H2,1-2H3,(H,11,12,13,14)/t4-/m1/s1. The molecule has 82 valence electrons. The summed E-state index contributed by atoms with van der Waals surface area (Å²) >= 11 is 5.68. The van der Waals surface area contributed by atoms with Gasteiger partial charge in [0.2, 0.25) is 17.7 Å². The molecule has 1 amide bonds. The second-order valence-electron chi connectivity index (χ2n) is 2.83. The molecule has 0 unspecified atom stereocenters. The molecular formula is C8H11ClN4O2. The first-order chi connectivity index (χ1) is 7.02. The van der Waals surface area contributed by atoms with E-state index in [1.807, 2.05) is 0 Å². The van der Waals surface area contributed by atoms with Crippen molar-refractivity contribution < 1.29 is 9.53 Å². The van der Waals surface area contributed by atoms with E-state index in [9.17, 15) is 4.79 Å². The number of rotatable bonds is 3. The lowest BCUT2D eigenvalue weighted by molar-refractivity contribution is -0.117. The lowest BCUT2D eigenvalue weighted by Crippen LogP contribution is -2.33. The van der Waals surface area contributed by atoms with Gasteiger partial charge in [0.1, 0.15) is 5.15 Å². The van der Waals surface area contributed by atoms with E-state index >= 15 is 0 Å². The van der Waals surface area contributed by atoms with Crippen LogP contribution < -0.4 is 15.8 Å². The summed E-state index contributed by atoms with van der Waals surface area (Å²) in [5.41, 5.74) is 5.36. The number of aromatic nitrogens is 2. The zero-order chi connectivity index (χ0) is 11.4. The Kier molecular flexibility index (Phi) is 3.81. The maximum atomic E-state index is 11.2. The van der Waals surface area contributed by atoms with Crippen molar-refractivity contribution in [3.8, 4) is 5.88 Å². The van der Waals surface area contributed by atoms with Gasteiger partial charge in [-0.1, -0.05) is 11.6 Å². The lowest BCUT2D eigenvalue weighted by atomic mass is 10.3. The highest BCUT2D eigenvalue weighted by molar-refractivity contribution is 6.29. The van der Waals surface area contributed by atoms with Crippen LogP contribution in [0.2, 0.25) is 5.15 Å². The van der Waals surface area contributed by atoms with E-state index in [2.05, 4.69) is 15.3 Å². The number of amides is 1. The summed E-state index contributed by atoms with van der Waals surface area (Å²) in [5.74, 6) is -0.0454. The second-order valence-corrected chi connectivity index (χ2v) is 3.22. The quantitative estimate of drug-likeness (QED) is 0.735. The molecule has 1 aromatic rings. The van der Waals surface area contributed by atoms with Crippen LogP contribution in [-0.4, -0.2) is 29.0 Å². The van der Waals surface area contributed by atoms with Gasteiger partial charge in [0.15, 0.2) is 0 Å². The van der Waals surface area contributed by atoms with Crippen LogP contribution in [0.25, 0.3) is 0 Å². The molecule has 1 aromatic heterocycles. The van der Waals surface area contributed by atoms with E-state index in [1.54, 1.807) is 6.92 Å². The van der Waals surface area contributed by atoms with E-state index in [1.165, 1.54) is 13.2 Å². The summed E-state index contributed by atoms with van der Waals surface area (Å²) in [6.45, 7) is 1.55. The van der Waals surface area contributed by atoms with Crippen molar-refractivity contribution in [1.29, 1.82) is 0 Å². The van der Waals surface area contributed by atoms with Crippen molar-refractivity contribution in [2.75, 3.05) is 12.4 Å². The first-order valence-electron chi connectivity index (χ1n) is 4.18. The van der Waals surface area contributed by atoms with Gasteiger partial charge in [0.05, 0.1) is 13.2 Å². The van der Waals surface area contributed by atoms with Gasteiger partial charge in [-0.05, 0) is 6.92 Å². The summed E-state index contributed by atoms with van der Waals surface area (Å²) in [7, 11) is 1.44. The largest absolute Gasteiger partial charge is 0.481 e. The Hall–Kier alpha value is -1.40. The van der Waals surface area contributed by atoms with Crippen LogP contribution in [0.1, 0.15) is 6.92 Å². The molecule has 1 heterocycles. The minimum absolute atomic E-state index is 0.0710. The van der Waals surface area contributed by atoms with E-state index in [-0.39, 0.29) is 22.9 Å². The van der Waals surface area contributed by atoms with Crippen molar-refractivity contribution in [2.45, 2.75) is 13.0 Å². The number of carbonyl (C=O) groups is 1.